The summed E-state index contributed by atoms with van der Waals surface area (Å²) in [6, 6.07) is 20.5. The molecule has 0 radical (unpaired) electrons. The van der Waals surface area contributed by atoms with Gasteiger partial charge in [-0.1, -0.05) is 48.2 Å². The lowest BCUT2D eigenvalue weighted by Gasteiger charge is -2.32. The van der Waals surface area contributed by atoms with Gasteiger partial charge in [0, 0.05) is 18.2 Å². The average molecular weight is 528 g/mol. The van der Waals surface area contributed by atoms with Gasteiger partial charge in [-0.3, -0.25) is 14.5 Å². The van der Waals surface area contributed by atoms with Crippen LogP contribution < -0.4 is 10.1 Å². The Kier molecular flexibility index (Phi) is 8.17. The third-order valence-corrected chi connectivity index (χ3v) is 6.64. The number of alkyl halides is 3. The molecule has 10 heteroatoms. The molecule has 3 aromatic carbocycles. The smallest absolute Gasteiger partial charge is 0.416 e. The largest absolute Gasteiger partial charge is 0.494 e. The Morgan fingerprint density at radius 3 is 2.49 bits per heavy atom. The Morgan fingerprint density at radius 1 is 1.08 bits per heavy atom. The van der Waals surface area contributed by atoms with E-state index in [-0.39, 0.29) is 35.6 Å². The van der Waals surface area contributed by atoms with Crippen LogP contribution in [0.15, 0.2) is 83.9 Å². The number of thioether (sulfide) groups is 1. The Labute approximate surface area is 216 Å². The average Bonchev–Trinajstić information content (AvgIpc) is 2.87. The second kappa shape index (κ2) is 11.5. The van der Waals surface area contributed by atoms with Crippen LogP contribution >= 0.6 is 11.8 Å². The highest BCUT2D eigenvalue weighted by Crippen LogP contribution is 2.33. The molecule has 0 aliphatic carbocycles. The molecule has 2 amide bonds. The van der Waals surface area contributed by atoms with Crippen molar-refractivity contribution in [2.24, 2.45) is 4.99 Å². The van der Waals surface area contributed by atoms with Crippen LogP contribution in [0.25, 0.3) is 0 Å². The van der Waals surface area contributed by atoms with Crippen LogP contribution in [0.1, 0.15) is 24.5 Å². The van der Waals surface area contributed by atoms with Gasteiger partial charge in [-0.15, -0.1) is 0 Å². The van der Waals surface area contributed by atoms with E-state index in [0.29, 0.717) is 18.0 Å². The lowest BCUT2D eigenvalue weighted by Crippen LogP contribution is -2.44. The number of carbonyl (C=O) groups is 2. The van der Waals surface area contributed by atoms with Crippen LogP contribution in [-0.2, 0) is 22.3 Å². The van der Waals surface area contributed by atoms with E-state index >= 15 is 0 Å². The summed E-state index contributed by atoms with van der Waals surface area (Å²) in [7, 11) is 0. The minimum absolute atomic E-state index is 0.0550. The van der Waals surface area contributed by atoms with Crippen LogP contribution in [0.5, 0.6) is 5.75 Å². The number of rotatable bonds is 7. The topological polar surface area (TPSA) is 71.0 Å². The zero-order valence-electron chi connectivity index (χ0n) is 19.9. The molecule has 6 nitrogen and oxygen atoms in total. The monoisotopic (exact) mass is 527 g/mol. The van der Waals surface area contributed by atoms with E-state index in [9.17, 15) is 22.8 Å². The second-order valence-corrected chi connectivity index (χ2v) is 9.34. The predicted octanol–water partition coefficient (Wildman–Crippen LogP) is 6.26. The third-order valence-electron chi connectivity index (χ3n) is 5.45. The van der Waals surface area contributed by atoms with E-state index in [0.717, 1.165) is 29.5 Å². The minimum Gasteiger partial charge on any atom is -0.494 e. The molecule has 1 aliphatic heterocycles. The molecule has 37 heavy (non-hydrogen) atoms. The van der Waals surface area contributed by atoms with Gasteiger partial charge in [0.2, 0.25) is 11.8 Å². The predicted molar refractivity (Wildman–Crippen MR) is 138 cm³/mol. The summed E-state index contributed by atoms with van der Waals surface area (Å²) in [5.41, 5.74) is 0.826. The number of benzene rings is 3. The van der Waals surface area contributed by atoms with E-state index in [1.54, 1.807) is 24.3 Å². The first-order valence-electron chi connectivity index (χ1n) is 11.5. The highest BCUT2D eigenvalue weighted by molar-refractivity contribution is 8.15. The third kappa shape index (κ3) is 6.91. The number of nitrogens with zero attached hydrogens (tertiary/aromatic N) is 2. The maximum atomic E-state index is 13.2. The van der Waals surface area contributed by atoms with E-state index in [1.807, 2.05) is 37.3 Å². The van der Waals surface area contributed by atoms with E-state index in [2.05, 4.69) is 10.3 Å². The fourth-order valence-electron chi connectivity index (χ4n) is 3.65. The number of nitrogens with one attached hydrogen (secondary N) is 1. The molecule has 0 aromatic heterocycles. The summed E-state index contributed by atoms with van der Waals surface area (Å²) in [5, 5.41) is 2.28. The molecule has 1 aliphatic rings. The number of hydrogen-bond acceptors (Lipinski definition) is 5. The molecule has 4 rings (SSSR count). The van der Waals surface area contributed by atoms with Gasteiger partial charge in [0.25, 0.3) is 0 Å². The standard InChI is InChI=1S/C27H24F3N3O3S/c1-2-36-22-10-6-9-21(15-22)31-25(35)23-16-24(34)33(17-18-7-4-3-5-8-18)26(37-23)32-20-13-11-19(12-14-20)27(28,29)30/h3-15,23H,2,16-17H2,1H3,(H,31,35). The van der Waals surface area contributed by atoms with Crippen LogP contribution in [-0.4, -0.2) is 33.7 Å². The quantitative estimate of drug-likeness (QED) is 0.394. The Bertz CT molecular complexity index is 1280. The molecule has 1 atom stereocenters. The molecule has 0 bridgehead atoms. The molecule has 1 unspecified atom stereocenters. The molecule has 0 saturated carbocycles. The number of halogens is 3. The number of amidine groups is 1. The van der Waals surface area contributed by atoms with Crippen molar-refractivity contribution >= 4 is 40.1 Å². The second-order valence-electron chi connectivity index (χ2n) is 8.17. The normalized spacial score (nSPS) is 17.1. The molecule has 1 saturated heterocycles. The molecule has 1 N–H and O–H groups in total. The fourth-order valence-corrected chi connectivity index (χ4v) is 4.75. The van der Waals surface area contributed by atoms with Crippen molar-refractivity contribution in [3.8, 4) is 5.75 Å². The van der Waals surface area contributed by atoms with Gasteiger partial charge in [-0.2, -0.15) is 13.2 Å². The summed E-state index contributed by atoms with van der Waals surface area (Å²) in [4.78, 5) is 32.2. The Hall–Kier alpha value is -3.79. The van der Waals surface area contributed by atoms with Crippen molar-refractivity contribution in [3.63, 3.8) is 0 Å². The highest BCUT2D eigenvalue weighted by atomic mass is 32.2. The minimum atomic E-state index is -4.47. The molecule has 192 valence electrons. The number of amides is 2. The summed E-state index contributed by atoms with van der Waals surface area (Å²) in [5.74, 6) is -0.0887. The van der Waals surface area contributed by atoms with Gasteiger partial charge in [0.05, 0.1) is 24.4 Å². The van der Waals surface area contributed by atoms with E-state index < -0.39 is 17.0 Å². The molecular formula is C27H24F3N3O3S. The van der Waals surface area contributed by atoms with Crippen molar-refractivity contribution in [1.29, 1.82) is 0 Å². The van der Waals surface area contributed by atoms with Gasteiger partial charge in [0.15, 0.2) is 5.17 Å². The Balaban J connectivity index is 1.59. The van der Waals surface area contributed by atoms with Crippen LogP contribution in [0.3, 0.4) is 0 Å². The molecular weight excluding hydrogens is 503 g/mol. The Morgan fingerprint density at radius 2 is 1.81 bits per heavy atom. The molecule has 1 heterocycles. The summed E-state index contributed by atoms with van der Waals surface area (Å²) < 4.78 is 44.4. The van der Waals surface area contributed by atoms with Crippen molar-refractivity contribution in [1.82, 2.24) is 4.90 Å². The lowest BCUT2D eigenvalue weighted by atomic mass is 10.2. The van der Waals surface area contributed by atoms with Gasteiger partial charge in [-0.25, -0.2) is 4.99 Å². The van der Waals surface area contributed by atoms with Gasteiger partial charge < -0.3 is 10.1 Å². The van der Waals surface area contributed by atoms with Crippen LogP contribution in [0.2, 0.25) is 0 Å². The van der Waals surface area contributed by atoms with Gasteiger partial charge >= 0.3 is 6.18 Å². The first kappa shape index (κ1) is 26.3. The number of anilines is 1. The maximum Gasteiger partial charge on any atom is 0.416 e. The zero-order valence-corrected chi connectivity index (χ0v) is 20.7. The summed E-state index contributed by atoms with van der Waals surface area (Å²) in [6.07, 6.45) is -4.52. The molecule has 3 aromatic rings. The summed E-state index contributed by atoms with van der Waals surface area (Å²) in [6.45, 7) is 2.55. The number of aliphatic imine (C=N–C) groups is 1. The van der Waals surface area contributed by atoms with Gasteiger partial charge in [0.1, 0.15) is 11.0 Å². The first-order chi connectivity index (χ1) is 17.7. The van der Waals surface area contributed by atoms with E-state index in [1.165, 1.54) is 17.0 Å². The van der Waals surface area contributed by atoms with Crippen LogP contribution in [0.4, 0.5) is 24.5 Å². The van der Waals surface area contributed by atoms with Gasteiger partial charge in [-0.05, 0) is 48.9 Å². The van der Waals surface area contributed by atoms with Crippen molar-refractivity contribution < 1.29 is 27.5 Å². The highest BCUT2D eigenvalue weighted by Gasteiger charge is 2.36. The van der Waals surface area contributed by atoms with Crippen molar-refractivity contribution in [2.75, 3.05) is 11.9 Å². The summed E-state index contributed by atoms with van der Waals surface area (Å²) >= 11 is 1.10. The number of ether oxygens (including phenoxy) is 1. The number of carbonyl (C=O) groups excluding carboxylic acids is 2. The van der Waals surface area contributed by atoms with Crippen molar-refractivity contribution in [2.45, 2.75) is 31.3 Å². The zero-order chi connectivity index (χ0) is 26.4. The maximum absolute atomic E-state index is 13.2. The SMILES string of the molecule is CCOc1cccc(NC(=O)C2CC(=O)N(Cc3ccccc3)C(=Nc3ccc(C(F)(F)F)cc3)S2)c1. The first-order valence-corrected chi connectivity index (χ1v) is 12.4. The lowest BCUT2D eigenvalue weighted by molar-refractivity contribution is -0.137. The molecule has 0 spiro atoms. The van der Waals surface area contributed by atoms with Crippen molar-refractivity contribution in [3.05, 3.63) is 90.0 Å². The molecule has 1 fully saturated rings. The number of hydrogen-bond donors (Lipinski definition) is 1. The van der Waals surface area contributed by atoms with E-state index in [4.69, 9.17) is 4.74 Å². The fraction of sp³-hybridized carbons (Fsp3) is 0.222. The van der Waals surface area contributed by atoms with Crippen LogP contribution in [0, 0.1) is 0 Å².